The van der Waals surface area contributed by atoms with Gasteiger partial charge in [-0.05, 0) is 13.3 Å². The van der Waals surface area contributed by atoms with E-state index < -0.39 is 0 Å². The Balaban J connectivity index is 2.31. The number of amides is 1. The maximum atomic E-state index is 11.4. The fourth-order valence-electron chi connectivity index (χ4n) is 1.07. The zero-order chi connectivity index (χ0) is 11.8. The number of hydrogen-bond donors (Lipinski definition) is 2. The van der Waals surface area contributed by atoms with Gasteiger partial charge >= 0.3 is 6.01 Å². The third kappa shape index (κ3) is 4.26. The van der Waals surface area contributed by atoms with E-state index >= 15 is 0 Å². The lowest BCUT2D eigenvalue weighted by molar-refractivity contribution is -0.116. The predicted octanol–water partition coefficient (Wildman–Crippen LogP) is 0.568. The van der Waals surface area contributed by atoms with Crippen molar-refractivity contribution in [2.75, 3.05) is 25.6 Å². The summed E-state index contributed by atoms with van der Waals surface area (Å²) in [7, 11) is 1.60. The first-order valence-corrected chi connectivity index (χ1v) is 5.10. The van der Waals surface area contributed by atoms with Gasteiger partial charge < -0.3 is 9.47 Å². The van der Waals surface area contributed by atoms with Crippen molar-refractivity contribution < 1.29 is 14.3 Å². The highest BCUT2D eigenvalue weighted by atomic mass is 16.5. The van der Waals surface area contributed by atoms with Crippen molar-refractivity contribution in [1.82, 2.24) is 15.2 Å². The van der Waals surface area contributed by atoms with Crippen LogP contribution >= 0.6 is 0 Å². The Hall–Kier alpha value is -1.63. The number of nitrogens with zero attached hydrogens (tertiary/aromatic N) is 2. The molecule has 0 aliphatic heterocycles. The number of aromatic amines is 1. The summed E-state index contributed by atoms with van der Waals surface area (Å²) in [5.41, 5.74) is 0. The topological polar surface area (TPSA) is 89.1 Å². The first-order valence-electron chi connectivity index (χ1n) is 5.10. The summed E-state index contributed by atoms with van der Waals surface area (Å²) >= 11 is 0. The van der Waals surface area contributed by atoms with Gasteiger partial charge in [0.2, 0.25) is 11.9 Å². The van der Waals surface area contributed by atoms with Gasteiger partial charge in [-0.15, -0.1) is 5.10 Å². The zero-order valence-electron chi connectivity index (χ0n) is 9.45. The summed E-state index contributed by atoms with van der Waals surface area (Å²) in [5.74, 6) is 0.169. The van der Waals surface area contributed by atoms with Crippen LogP contribution in [0, 0.1) is 0 Å². The maximum Gasteiger partial charge on any atom is 0.337 e. The number of methoxy groups -OCH3 is 1. The Labute approximate surface area is 93.5 Å². The Kier molecular flexibility index (Phi) is 5.27. The van der Waals surface area contributed by atoms with Crippen LogP contribution in [0.1, 0.15) is 19.8 Å². The Bertz CT molecular complexity index is 326. The molecule has 0 aliphatic rings. The molecule has 1 aromatic heterocycles. The highest BCUT2D eigenvalue weighted by molar-refractivity contribution is 5.88. The summed E-state index contributed by atoms with van der Waals surface area (Å²) in [6.07, 6.45) is 1.06. The molecule has 0 aliphatic carbocycles. The summed E-state index contributed by atoms with van der Waals surface area (Å²) < 4.78 is 9.88. The molecule has 7 nitrogen and oxygen atoms in total. The molecule has 0 aromatic carbocycles. The molecule has 2 N–H and O–H groups in total. The van der Waals surface area contributed by atoms with E-state index in [2.05, 4.69) is 20.5 Å². The van der Waals surface area contributed by atoms with Crippen molar-refractivity contribution in [1.29, 1.82) is 0 Å². The van der Waals surface area contributed by atoms with Crippen molar-refractivity contribution in [3.63, 3.8) is 0 Å². The van der Waals surface area contributed by atoms with E-state index in [0.29, 0.717) is 32.0 Å². The van der Waals surface area contributed by atoms with Crippen LogP contribution in [0.15, 0.2) is 0 Å². The summed E-state index contributed by atoms with van der Waals surface area (Å²) in [6, 6.07) is 0.231. The predicted molar refractivity (Wildman–Crippen MR) is 57.3 cm³/mol. The fourth-order valence-corrected chi connectivity index (χ4v) is 1.07. The van der Waals surface area contributed by atoms with E-state index in [4.69, 9.17) is 9.47 Å². The third-order valence-corrected chi connectivity index (χ3v) is 1.75. The number of anilines is 1. The number of H-pyrrole nitrogens is 1. The smallest absolute Gasteiger partial charge is 0.337 e. The van der Waals surface area contributed by atoms with Crippen LogP contribution in [-0.2, 0) is 9.53 Å². The number of carbonyl (C=O) groups excluding carboxylic acids is 1. The lowest BCUT2D eigenvalue weighted by Crippen LogP contribution is -2.13. The standard InChI is InChI=1S/C9H16N4O3/c1-3-16-9-11-8(12-13-9)10-7(14)5-4-6-15-2/h3-6H2,1-2H3,(H2,10,11,12,13,14). The second kappa shape index (κ2) is 6.78. The molecule has 0 saturated carbocycles. The lowest BCUT2D eigenvalue weighted by atomic mass is 10.3. The normalized spacial score (nSPS) is 10.1. The minimum Gasteiger partial charge on any atom is -0.463 e. The number of nitrogens with one attached hydrogen (secondary N) is 2. The van der Waals surface area contributed by atoms with Crippen LogP contribution < -0.4 is 10.1 Å². The summed E-state index contributed by atoms with van der Waals surface area (Å²) in [6.45, 7) is 2.88. The van der Waals surface area contributed by atoms with Crippen LogP contribution in [0.3, 0.4) is 0 Å². The Morgan fingerprint density at radius 1 is 1.56 bits per heavy atom. The molecule has 0 spiro atoms. The fraction of sp³-hybridized carbons (Fsp3) is 0.667. The summed E-state index contributed by atoms with van der Waals surface area (Å²) in [5, 5.41) is 8.90. The van der Waals surface area contributed by atoms with Gasteiger partial charge in [0, 0.05) is 20.1 Å². The molecule has 1 rings (SSSR count). The van der Waals surface area contributed by atoms with Crippen LogP contribution in [-0.4, -0.2) is 41.4 Å². The van der Waals surface area contributed by atoms with E-state index in [0.717, 1.165) is 0 Å². The second-order valence-corrected chi connectivity index (χ2v) is 3.04. The minimum absolute atomic E-state index is 0.128. The van der Waals surface area contributed by atoms with Crippen LogP contribution in [0.4, 0.5) is 5.95 Å². The lowest BCUT2D eigenvalue weighted by Gasteiger charge is -2.00. The number of aromatic nitrogens is 3. The Morgan fingerprint density at radius 2 is 2.38 bits per heavy atom. The van der Waals surface area contributed by atoms with E-state index in [1.807, 2.05) is 6.92 Å². The van der Waals surface area contributed by atoms with Crippen LogP contribution in [0.25, 0.3) is 0 Å². The molecule has 1 heterocycles. The number of rotatable bonds is 7. The highest BCUT2D eigenvalue weighted by Crippen LogP contribution is 2.06. The largest absolute Gasteiger partial charge is 0.463 e. The van der Waals surface area contributed by atoms with E-state index in [1.54, 1.807) is 7.11 Å². The van der Waals surface area contributed by atoms with Gasteiger partial charge in [-0.2, -0.15) is 4.98 Å². The SMILES string of the molecule is CCOc1n[nH]c(NC(=O)CCCOC)n1. The zero-order valence-corrected chi connectivity index (χ0v) is 9.45. The highest BCUT2D eigenvalue weighted by Gasteiger charge is 2.07. The molecule has 0 saturated heterocycles. The number of ether oxygens (including phenoxy) is 2. The molecule has 0 atom stereocenters. The molecule has 0 unspecified atom stereocenters. The number of carbonyl (C=O) groups is 1. The molecular weight excluding hydrogens is 212 g/mol. The van der Waals surface area contributed by atoms with E-state index in [1.165, 1.54) is 0 Å². The monoisotopic (exact) mass is 228 g/mol. The van der Waals surface area contributed by atoms with Crippen molar-refractivity contribution in [2.45, 2.75) is 19.8 Å². The number of hydrogen-bond acceptors (Lipinski definition) is 5. The van der Waals surface area contributed by atoms with Crippen LogP contribution in [0.5, 0.6) is 6.01 Å². The quantitative estimate of drug-likeness (QED) is 0.666. The second-order valence-electron chi connectivity index (χ2n) is 3.04. The molecule has 0 radical (unpaired) electrons. The molecule has 16 heavy (non-hydrogen) atoms. The van der Waals surface area contributed by atoms with Gasteiger partial charge in [-0.25, -0.2) is 5.10 Å². The average Bonchev–Trinajstić information content (AvgIpc) is 2.66. The van der Waals surface area contributed by atoms with E-state index in [-0.39, 0.29) is 11.9 Å². The van der Waals surface area contributed by atoms with Gasteiger partial charge in [0.05, 0.1) is 6.61 Å². The van der Waals surface area contributed by atoms with Gasteiger partial charge in [-0.3, -0.25) is 10.1 Å². The average molecular weight is 228 g/mol. The van der Waals surface area contributed by atoms with Crippen LogP contribution in [0.2, 0.25) is 0 Å². The molecule has 1 amide bonds. The molecule has 7 heteroatoms. The third-order valence-electron chi connectivity index (χ3n) is 1.75. The van der Waals surface area contributed by atoms with Crippen molar-refractivity contribution in [3.05, 3.63) is 0 Å². The molecule has 0 bridgehead atoms. The van der Waals surface area contributed by atoms with Crippen molar-refractivity contribution in [3.8, 4) is 6.01 Å². The first-order chi connectivity index (χ1) is 7.76. The van der Waals surface area contributed by atoms with Gasteiger partial charge in [-0.1, -0.05) is 0 Å². The molecule has 1 aromatic rings. The van der Waals surface area contributed by atoms with Gasteiger partial charge in [0.1, 0.15) is 0 Å². The maximum absolute atomic E-state index is 11.4. The van der Waals surface area contributed by atoms with Crippen molar-refractivity contribution in [2.24, 2.45) is 0 Å². The van der Waals surface area contributed by atoms with Gasteiger partial charge in [0.15, 0.2) is 0 Å². The first kappa shape index (κ1) is 12.4. The molecular formula is C9H16N4O3. The molecule has 0 fully saturated rings. The Morgan fingerprint density at radius 3 is 3.06 bits per heavy atom. The summed E-state index contributed by atoms with van der Waals surface area (Å²) in [4.78, 5) is 15.3. The molecule has 90 valence electrons. The minimum atomic E-state index is -0.128. The van der Waals surface area contributed by atoms with Crippen molar-refractivity contribution >= 4 is 11.9 Å². The van der Waals surface area contributed by atoms with E-state index in [9.17, 15) is 4.79 Å². The van der Waals surface area contributed by atoms with Gasteiger partial charge in [0.25, 0.3) is 0 Å².